The van der Waals surface area contributed by atoms with Crippen LogP contribution in [0.15, 0.2) is 47.6 Å². The van der Waals surface area contributed by atoms with Crippen LogP contribution in [-0.4, -0.2) is 21.9 Å². The van der Waals surface area contributed by atoms with Crippen LogP contribution in [-0.2, 0) is 19.4 Å². The molecule has 3 rings (SSSR count). The Morgan fingerprint density at radius 3 is 2.31 bits per heavy atom. The second kappa shape index (κ2) is 8.66. The number of nitrogens with zero attached hydrogens (tertiary/aromatic N) is 3. The maximum atomic E-state index is 6.21. The second-order valence-electron chi connectivity index (χ2n) is 5.41. The Hall–Kier alpha value is -1.89. The minimum absolute atomic E-state index is 0.323. The SMILES string of the molecule is COc1ccc(OCc2nnc(SCc3c(Cl)cccc3Cl)n2C)cc1. The lowest BCUT2D eigenvalue weighted by Crippen LogP contribution is -2.04. The molecule has 0 fully saturated rings. The van der Waals surface area contributed by atoms with Crippen LogP contribution in [0.5, 0.6) is 11.5 Å². The normalized spacial score (nSPS) is 10.8. The third-order valence-corrected chi connectivity index (χ3v) is 5.51. The minimum Gasteiger partial charge on any atom is -0.497 e. The van der Waals surface area contributed by atoms with E-state index in [1.54, 1.807) is 7.11 Å². The van der Waals surface area contributed by atoms with Gasteiger partial charge in [-0.15, -0.1) is 10.2 Å². The van der Waals surface area contributed by atoms with Gasteiger partial charge in [0, 0.05) is 22.8 Å². The van der Waals surface area contributed by atoms with Crippen LogP contribution in [0.25, 0.3) is 0 Å². The predicted octanol–water partition coefficient (Wildman–Crippen LogP) is 5.00. The molecule has 0 amide bonds. The number of halogens is 2. The zero-order chi connectivity index (χ0) is 18.5. The average Bonchev–Trinajstić information content (AvgIpc) is 3.00. The summed E-state index contributed by atoms with van der Waals surface area (Å²) in [6.45, 7) is 0.323. The molecule has 0 aliphatic carbocycles. The van der Waals surface area contributed by atoms with Gasteiger partial charge in [0.2, 0.25) is 0 Å². The Labute approximate surface area is 166 Å². The van der Waals surface area contributed by atoms with Crippen LogP contribution < -0.4 is 9.47 Å². The highest BCUT2D eigenvalue weighted by Crippen LogP contribution is 2.31. The fraction of sp³-hybridized carbons (Fsp3) is 0.222. The van der Waals surface area contributed by atoms with Gasteiger partial charge < -0.3 is 14.0 Å². The van der Waals surface area contributed by atoms with Crippen molar-refractivity contribution in [3.63, 3.8) is 0 Å². The third-order valence-electron chi connectivity index (χ3n) is 3.76. The van der Waals surface area contributed by atoms with Crippen LogP contribution in [0.1, 0.15) is 11.4 Å². The second-order valence-corrected chi connectivity index (χ2v) is 7.17. The zero-order valence-electron chi connectivity index (χ0n) is 14.3. The smallest absolute Gasteiger partial charge is 0.191 e. The lowest BCUT2D eigenvalue weighted by molar-refractivity contribution is 0.290. The number of thioether (sulfide) groups is 1. The van der Waals surface area contributed by atoms with E-state index in [1.165, 1.54) is 11.8 Å². The summed E-state index contributed by atoms with van der Waals surface area (Å²) in [4.78, 5) is 0. The van der Waals surface area contributed by atoms with E-state index in [0.717, 1.165) is 28.0 Å². The first-order valence-electron chi connectivity index (χ1n) is 7.79. The number of ether oxygens (including phenoxy) is 2. The standard InChI is InChI=1S/C18H17Cl2N3O2S/c1-23-17(10-25-13-8-6-12(24-2)7-9-13)21-22-18(23)26-11-14-15(19)4-3-5-16(14)20/h3-9H,10-11H2,1-2H3. The Balaban J connectivity index is 1.62. The number of benzene rings is 2. The highest BCUT2D eigenvalue weighted by atomic mass is 35.5. The van der Waals surface area contributed by atoms with E-state index < -0.39 is 0 Å². The van der Waals surface area contributed by atoms with Crippen LogP contribution >= 0.6 is 35.0 Å². The lowest BCUT2D eigenvalue weighted by atomic mass is 10.2. The number of hydrogen-bond acceptors (Lipinski definition) is 5. The van der Waals surface area contributed by atoms with Crippen molar-refractivity contribution < 1.29 is 9.47 Å². The van der Waals surface area contributed by atoms with Gasteiger partial charge in [-0.05, 0) is 42.0 Å². The van der Waals surface area contributed by atoms with Gasteiger partial charge in [0.25, 0.3) is 0 Å². The van der Waals surface area contributed by atoms with Gasteiger partial charge in [0.05, 0.1) is 7.11 Å². The first-order valence-corrected chi connectivity index (χ1v) is 9.53. The van der Waals surface area contributed by atoms with Gasteiger partial charge in [-0.3, -0.25) is 0 Å². The van der Waals surface area contributed by atoms with Crippen LogP contribution in [0.3, 0.4) is 0 Å². The molecular weight excluding hydrogens is 393 g/mol. The molecule has 0 bridgehead atoms. The Bertz CT molecular complexity index is 864. The highest BCUT2D eigenvalue weighted by Gasteiger charge is 2.12. The molecule has 0 saturated heterocycles. The number of aromatic nitrogens is 3. The molecule has 0 atom stereocenters. The van der Waals surface area contributed by atoms with Gasteiger partial charge in [-0.1, -0.05) is 41.0 Å². The molecule has 2 aromatic carbocycles. The zero-order valence-corrected chi connectivity index (χ0v) is 16.6. The summed E-state index contributed by atoms with van der Waals surface area (Å²) in [7, 11) is 3.54. The van der Waals surface area contributed by atoms with E-state index >= 15 is 0 Å². The summed E-state index contributed by atoms with van der Waals surface area (Å²) in [5.74, 6) is 2.87. The van der Waals surface area contributed by atoms with Crippen molar-refractivity contribution in [2.75, 3.05) is 7.11 Å². The molecule has 0 spiro atoms. The molecule has 1 aromatic heterocycles. The summed E-state index contributed by atoms with van der Waals surface area (Å²) in [5, 5.41) is 10.5. The summed E-state index contributed by atoms with van der Waals surface area (Å²) in [5.41, 5.74) is 0.889. The van der Waals surface area contributed by atoms with Crippen molar-refractivity contribution >= 4 is 35.0 Å². The van der Waals surface area contributed by atoms with E-state index in [4.69, 9.17) is 32.7 Å². The van der Waals surface area contributed by atoms with Gasteiger partial charge in [0.15, 0.2) is 11.0 Å². The number of methoxy groups -OCH3 is 1. The van der Waals surface area contributed by atoms with Gasteiger partial charge in [0.1, 0.15) is 18.1 Å². The molecule has 136 valence electrons. The van der Waals surface area contributed by atoms with Crippen LogP contribution in [0.4, 0.5) is 0 Å². The van der Waals surface area contributed by atoms with E-state index in [-0.39, 0.29) is 0 Å². The Morgan fingerprint density at radius 1 is 1.00 bits per heavy atom. The van der Waals surface area contributed by atoms with Crippen molar-refractivity contribution in [3.8, 4) is 11.5 Å². The first kappa shape index (κ1) is 18.9. The summed E-state index contributed by atoms with van der Waals surface area (Å²) >= 11 is 13.9. The van der Waals surface area contributed by atoms with Gasteiger partial charge >= 0.3 is 0 Å². The van der Waals surface area contributed by atoms with E-state index in [9.17, 15) is 0 Å². The van der Waals surface area contributed by atoms with E-state index in [1.807, 2.05) is 54.1 Å². The molecule has 0 aliphatic heterocycles. The molecule has 5 nitrogen and oxygen atoms in total. The minimum atomic E-state index is 0.323. The Morgan fingerprint density at radius 2 is 1.65 bits per heavy atom. The third kappa shape index (κ3) is 4.44. The molecule has 3 aromatic rings. The van der Waals surface area contributed by atoms with E-state index in [0.29, 0.717) is 22.4 Å². The molecule has 0 N–H and O–H groups in total. The fourth-order valence-corrected chi connectivity index (χ4v) is 3.89. The quantitative estimate of drug-likeness (QED) is 0.513. The van der Waals surface area contributed by atoms with Gasteiger partial charge in [-0.2, -0.15) is 0 Å². The number of hydrogen-bond donors (Lipinski definition) is 0. The molecule has 8 heteroatoms. The molecule has 26 heavy (non-hydrogen) atoms. The van der Waals surface area contributed by atoms with Crippen molar-refractivity contribution in [1.82, 2.24) is 14.8 Å². The maximum absolute atomic E-state index is 6.21. The topological polar surface area (TPSA) is 49.2 Å². The maximum Gasteiger partial charge on any atom is 0.191 e. The summed E-state index contributed by atoms with van der Waals surface area (Å²) in [6, 6.07) is 12.9. The first-order chi connectivity index (χ1) is 12.6. The van der Waals surface area contributed by atoms with Crippen molar-refractivity contribution in [2.24, 2.45) is 7.05 Å². The number of rotatable bonds is 7. The molecule has 0 saturated carbocycles. The lowest BCUT2D eigenvalue weighted by Gasteiger charge is -2.08. The highest BCUT2D eigenvalue weighted by molar-refractivity contribution is 7.98. The molecule has 1 heterocycles. The molecular formula is C18H17Cl2N3O2S. The fourth-order valence-electron chi connectivity index (χ4n) is 2.22. The largest absolute Gasteiger partial charge is 0.497 e. The molecule has 0 radical (unpaired) electrons. The Kier molecular flexibility index (Phi) is 6.29. The van der Waals surface area contributed by atoms with Crippen molar-refractivity contribution in [1.29, 1.82) is 0 Å². The molecule has 0 unspecified atom stereocenters. The average molecular weight is 410 g/mol. The van der Waals surface area contributed by atoms with Crippen LogP contribution in [0, 0.1) is 0 Å². The summed E-state index contributed by atoms with van der Waals surface area (Å²) < 4.78 is 12.8. The molecule has 0 aliphatic rings. The van der Waals surface area contributed by atoms with Crippen molar-refractivity contribution in [3.05, 3.63) is 63.9 Å². The van der Waals surface area contributed by atoms with Gasteiger partial charge in [-0.25, -0.2) is 0 Å². The summed E-state index contributed by atoms with van der Waals surface area (Å²) in [6.07, 6.45) is 0. The predicted molar refractivity (Wildman–Crippen MR) is 104 cm³/mol. The van der Waals surface area contributed by atoms with Crippen molar-refractivity contribution in [2.45, 2.75) is 17.5 Å². The monoisotopic (exact) mass is 409 g/mol. The van der Waals surface area contributed by atoms with Crippen LogP contribution in [0.2, 0.25) is 10.0 Å². The van der Waals surface area contributed by atoms with E-state index in [2.05, 4.69) is 10.2 Å².